The molecule has 0 saturated heterocycles. The third-order valence-corrected chi connectivity index (χ3v) is 4.89. The average Bonchev–Trinajstić information content (AvgIpc) is 2.78. The van der Waals surface area contributed by atoms with Gasteiger partial charge < -0.3 is 0 Å². The second-order valence-electron chi connectivity index (χ2n) is 8.31. The van der Waals surface area contributed by atoms with E-state index >= 15 is 0 Å². The lowest BCUT2D eigenvalue weighted by atomic mass is 10.0. The van der Waals surface area contributed by atoms with E-state index < -0.39 is 0 Å². The number of nitrogens with zero attached hydrogens (tertiary/aromatic N) is 2. The Kier molecular flexibility index (Phi) is 10.3. The minimum Gasteiger partial charge on any atom is -0.273 e. The SMILES string of the molecule is CC(C)C(=NNC(=O)CCCCC(=O)NN=C(c1ccccc1)C(C)C)c1ccccc1. The van der Waals surface area contributed by atoms with Crippen molar-refractivity contribution in [3.8, 4) is 0 Å². The molecular formula is C26H34N4O2. The molecule has 0 aliphatic heterocycles. The summed E-state index contributed by atoms with van der Waals surface area (Å²) in [7, 11) is 0. The fourth-order valence-electron chi connectivity index (χ4n) is 3.20. The van der Waals surface area contributed by atoms with Crippen LogP contribution in [0.4, 0.5) is 0 Å². The van der Waals surface area contributed by atoms with E-state index in [9.17, 15) is 9.59 Å². The van der Waals surface area contributed by atoms with E-state index in [1.54, 1.807) is 0 Å². The number of hydrazone groups is 2. The maximum Gasteiger partial charge on any atom is 0.240 e. The molecule has 6 heteroatoms. The topological polar surface area (TPSA) is 82.9 Å². The van der Waals surface area contributed by atoms with Crippen LogP contribution in [0.5, 0.6) is 0 Å². The molecule has 0 spiro atoms. The highest BCUT2D eigenvalue weighted by Gasteiger charge is 2.11. The smallest absolute Gasteiger partial charge is 0.240 e. The fraction of sp³-hybridized carbons (Fsp3) is 0.385. The Balaban J connectivity index is 1.76. The summed E-state index contributed by atoms with van der Waals surface area (Å²) in [4.78, 5) is 24.3. The molecule has 0 unspecified atom stereocenters. The molecule has 2 aromatic carbocycles. The molecule has 0 aliphatic rings. The van der Waals surface area contributed by atoms with E-state index in [0.717, 1.165) is 22.6 Å². The zero-order valence-electron chi connectivity index (χ0n) is 19.5. The van der Waals surface area contributed by atoms with Gasteiger partial charge in [-0.1, -0.05) is 88.4 Å². The van der Waals surface area contributed by atoms with Crippen LogP contribution in [0.1, 0.15) is 64.5 Å². The van der Waals surface area contributed by atoms with Gasteiger partial charge in [-0.2, -0.15) is 10.2 Å². The van der Waals surface area contributed by atoms with Crippen molar-refractivity contribution >= 4 is 23.2 Å². The number of hydrogen-bond donors (Lipinski definition) is 2. The normalized spacial score (nSPS) is 12.2. The van der Waals surface area contributed by atoms with Crippen LogP contribution < -0.4 is 10.9 Å². The first-order valence-electron chi connectivity index (χ1n) is 11.2. The summed E-state index contributed by atoms with van der Waals surface area (Å²) in [6, 6.07) is 19.6. The molecular weight excluding hydrogens is 400 g/mol. The summed E-state index contributed by atoms with van der Waals surface area (Å²) in [5, 5.41) is 8.64. The Bertz CT molecular complexity index is 842. The first-order chi connectivity index (χ1) is 15.4. The minimum atomic E-state index is -0.149. The van der Waals surface area contributed by atoms with E-state index in [0.29, 0.717) is 25.7 Å². The molecule has 2 amide bonds. The Hall–Kier alpha value is -3.28. The predicted octanol–water partition coefficient (Wildman–Crippen LogP) is 4.90. The number of carbonyl (C=O) groups excluding carboxylic acids is 2. The zero-order valence-corrected chi connectivity index (χ0v) is 19.5. The summed E-state index contributed by atoms with van der Waals surface area (Å²) < 4.78 is 0. The van der Waals surface area contributed by atoms with Gasteiger partial charge in [-0.3, -0.25) is 9.59 Å². The van der Waals surface area contributed by atoms with Crippen molar-refractivity contribution in [3.05, 3.63) is 71.8 Å². The molecule has 6 nitrogen and oxygen atoms in total. The molecule has 0 atom stereocenters. The van der Waals surface area contributed by atoms with Gasteiger partial charge in [0.25, 0.3) is 0 Å². The number of rotatable bonds is 11. The minimum absolute atomic E-state index is 0.149. The van der Waals surface area contributed by atoms with Crippen molar-refractivity contribution < 1.29 is 9.59 Å². The van der Waals surface area contributed by atoms with Crippen molar-refractivity contribution in [2.75, 3.05) is 0 Å². The maximum atomic E-state index is 12.2. The molecule has 2 aromatic rings. The Morgan fingerprint density at radius 3 is 1.31 bits per heavy atom. The zero-order chi connectivity index (χ0) is 23.3. The molecule has 0 bridgehead atoms. The molecule has 0 saturated carbocycles. The summed E-state index contributed by atoms with van der Waals surface area (Å²) in [5.74, 6) is 0.0782. The van der Waals surface area contributed by atoms with Gasteiger partial charge in [0, 0.05) is 12.8 Å². The van der Waals surface area contributed by atoms with Crippen molar-refractivity contribution in [2.24, 2.45) is 22.0 Å². The van der Waals surface area contributed by atoms with E-state index in [-0.39, 0.29) is 23.7 Å². The van der Waals surface area contributed by atoms with Crippen molar-refractivity contribution in [1.82, 2.24) is 10.9 Å². The van der Waals surface area contributed by atoms with Crippen molar-refractivity contribution in [3.63, 3.8) is 0 Å². The van der Waals surface area contributed by atoms with Gasteiger partial charge in [-0.15, -0.1) is 0 Å². The third kappa shape index (κ3) is 8.46. The molecule has 2 N–H and O–H groups in total. The van der Waals surface area contributed by atoms with Crippen LogP contribution in [-0.4, -0.2) is 23.2 Å². The van der Waals surface area contributed by atoms with E-state index in [4.69, 9.17) is 0 Å². The molecule has 32 heavy (non-hydrogen) atoms. The molecule has 0 heterocycles. The summed E-state index contributed by atoms with van der Waals surface area (Å²) in [6.45, 7) is 8.17. The highest BCUT2D eigenvalue weighted by molar-refractivity contribution is 6.02. The number of carbonyl (C=O) groups is 2. The Morgan fingerprint density at radius 1 is 0.656 bits per heavy atom. The number of nitrogens with one attached hydrogen (secondary N) is 2. The van der Waals surface area contributed by atoms with Crippen molar-refractivity contribution in [2.45, 2.75) is 53.4 Å². The van der Waals surface area contributed by atoms with Crippen LogP contribution in [0.3, 0.4) is 0 Å². The monoisotopic (exact) mass is 434 g/mol. The number of amides is 2. The second-order valence-corrected chi connectivity index (χ2v) is 8.31. The van der Waals surface area contributed by atoms with Gasteiger partial charge in [0.05, 0.1) is 11.4 Å². The van der Waals surface area contributed by atoms with E-state index in [1.165, 1.54) is 0 Å². The van der Waals surface area contributed by atoms with Gasteiger partial charge in [0.1, 0.15) is 0 Å². The quantitative estimate of drug-likeness (QED) is 0.300. The number of benzene rings is 2. The molecule has 170 valence electrons. The molecule has 0 aliphatic carbocycles. The lowest BCUT2D eigenvalue weighted by Crippen LogP contribution is -2.23. The standard InChI is InChI=1S/C26H34N4O2/c1-19(2)25(21-13-7-5-8-14-21)29-27-23(31)17-11-12-18-24(32)28-30-26(20(3)4)22-15-9-6-10-16-22/h5-10,13-16,19-20H,11-12,17-18H2,1-4H3,(H,27,31)(H,28,32). The van der Waals surface area contributed by atoms with E-state index in [1.807, 2.05) is 88.4 Å². The Morgan fingerprint density at radius 2 is 1.00 bits per heavy atom. The second kappa shape index (κ2) is 13.2. The highest BCUT2D eigenvalue weighted by Crippen LogP contribution is 2.10. The fourth-order valence-corrected chi connectivity index (χ4v) is 3.20. The highest BCUT2D eigenvalue weighted by atomic mass is 16.2. The Labute approximate surface area is 191 Å². The molecule has 0 fully saturated rings. The maximum absolute atomic E-state index is 12.2. The molecule has 0 radical (unpaired) electrons. The molecule has 2 rings (SSSR count). The first-order valence-corrected chi connectivity index (χ1v) is 11.2. The first kappa shape index (κ1) is 25.0. The van der Waals surface area contributed by atoms with Gasteiger partial charge in [-0.05, 0) is 35.8 Å². The molecule has 0 aromatic heterocycles. The largest absolute Gasteiger partial charge is 0.273 e. The van der Waals surface area contributed by atoms with Crippen LogP contribution in [0.2, 0.25) is 0 Å². The van der Waals surface area contributed by atoms with Gasteiger partial charge >= 0.3 is 0 Å². The summed E-state index contributed by atoms with van der Waals surface area (Å²) in [6.07, 6.45) is 1.86. The van der Waals surface area contributed by atoms with Crippen LogP contribution in [0.15, 0.2) is 70.9 Å². The average molecular weight is 435 g/mol. The van der Waals surface area contributed by atoms with Crippen LogP contribution in [0, 0.1) is 11.8 Å². The predicted molar refractivity (Wildman–Crippen MR) is 130 cm³/mol. The summed E-state index contributed by atoms with van der Waals surface area (Å²) >= 11 is 0. The lowest BCUT2D eigenvalue weighted by Gasteiger charge is -2.11. The lowest BCUT2D eigenvalue weighted by molar-refractivity contribution is -0.123. The van der Waals surface area contributed by atoms with Crippen LogP contribution in [-0.2, 0) is 9.59 Å². The number of unbranched alkanes of at least 4 members (excludes halogenated alkanes) is 1. The van der Waals surface area contributed by atoms with E-state index in [2.05, 4.69) is 21.1 Å². The summed E-state index contributed by atoms with van der Waals surface area (Å²) in [5.41, 5.74) is 8.98. The van der Waals surface area contributed by atoms with Crippen LogP contribution >= 0.6 is 0 Å². The van der Waals surface area contributed by atoms with Gasteiger partial charge in [0.15, 0.2) is 0 Å². The van der Waals surface area contributed by atoms with Gasteiger partial charge in [-0.25, -0.2) is 10.9 Å². The number of hydrogen-bond acceptors (Lipinski definition) is 4. The van der Waals surface area contributed by atoms with Crippen LogP contribution in [0.25, 0.3) is 0 Å². The van der Waals surface area contributed by atoms with Gasteiger partial charge in [0.2, 0.25) is 11.8 Å². The third-order valence-electron chi connectivity index (χ3n) is 4.89. The van der Waals surface area contributed by atoms with Crippen molar-refractivity contribution in [1.29, 1.82) is 0 Å².